The van der Waals surface area contributed by atoms with Crippen molar-refractivity contribution in [1.29, 1.82) is 0 Å². The van der Waals surface area contributed by atoms with Crippen LogP contribution in [0.1, 0.15) is 245 Å². The van der Waals surface area contributed by atoms with E-state index in [-0.39, 0.29) is 12.5 Å². The average Bonchev–Trinajstić information content (AvgIpc) is 3.26. The molecule has 0 bridgehead atoms. The lowest BCUT2D eigenvalue weighted by atomic mass is 9.99. The zero-order chi connectivity index (χ0) is 44.4. The first-order valence-electron chi connectivity index (χ1n) is 26.1. The molecule has 1 amide bonds. The van der Waals surface area contributed by atoms with Gasteiger partial charge in [-0.3, -0.25) is 4.79 Å². The Morgan fingerprint density at radius 1 is 0.541 bits per heavy atom. The van der Waals surface area contributed by atoms with Gasteiger partial charge in [0.1, 0.15) is 24.4 Å². The molecule has 0 saturated carbocycles. The Morgan fingerprint density at radius 2 is 0.934 bits per heavy atom. The van der Waals surface area contributed by atoms with E-state index in [0.29, 0.717) is 6.42 Å². The van der Waals surface area contributed by atoms with Crippen LogP contribution in [0.5, 0.6) is 0 Å². The predicted molar refractivity (Wildman–Crippen MR) is 253 cm³/mol. The molecular weight excluding hydrogens is 767 g/mol. The van der Waals surface area contributed by atoms with Crippen molar-refractivity contribution < 1.29 is 39.8 Å². The minimum absolute atomic E-state index is 0.184. The van der Waals surface area contributed by atoms with E-state index in [1.807, 2.05) is 6.08 Å². The van der Waals surface area contributed by atoms with Gasteiger partial charge in [0.15, 0.2) is 6.29 Å². The number of hydrogen-bond acceptors (Lipinski definition) is 8. The van der Waals surface area contributed by atoms with E-state index in [1.165, 1.54) is 186 Å². The fraction of sp³-hybridized carbons (Fsp3) is 0.904. The Kier molecular flexibility index (Phi) is 40.3. The second kappa shape index (κ2) is 42.6. The summed E-state index contributed by atoms with van der Waals surface area (Å²) in [4.78, 5) is 13.0. The Bertz CT molecular complexity index is 1010. The first-order valence-corrected chi connectivity index (χ1v) is 26.1. The number of carbonyl (C=O) groups excluding carboxylic acids is 1. The summed E-state index contributed by atoms with van der Waals surface area (Å²) < 4.78 is 11.2. The van der Waals surface area contributed by atoms with Crippen molar-refractivity contribution in [2.45, 2.75) is 288 Å². The van der Waals surface area contributed by atoms with Crippen LogP contribution < -0.4 is 5.32 Å². The lowest BCUT2D eigenvalue weighted by molar-refractivity contribution is -0.302. The quantitative estimate of drug-likeness (QED) is 0.0262. The molecule has 61 heavy (non-hydrogen) atoms. The fourth-order valence-electron chi connectivity index (χ4n) is 8.35. The van der Waals surface area contributed by atoms with Crippen molar-refractivity contribution in [3.05, 3.63) is 24.3 Å². The van der Waals surface area contributed by atoms with Crippen LogP contribution in [0.25, 0.3) is 0 Å². The van der Waals surface area contributed by atoms with Crippen molar-refractivity contribution in [2.24, 2.45) is 0 Å². The molecular formula is C52H99NO8. The van der Waals surface area contributed by atoms with E-state index in [0.717, 1.165) is 38.5 Å². The van der Waals surface area contributed by atoms with E-state index in [1.54, 1.807) is 6.08 Å². The van der Waals surface area contributed by atoms with Gasteiger partial charge in [-0.1, -0.05) is 231 Å². The van der Waals surface area contributed by atoms with E-state index < -0.39 is 49.5 Å². The van der Waals surface area contributed by atoms with Gasteiger partial charge in [0.05, 0.1) is 25.4 Å². The molecule has 0 aromatic carbocycles. The molecule has 0 aliphatic carbocycles. The van der Waals surface area contributed by atoms with Crippen LogP contribution >= 0.6 is 0 Å². The summed E-state index contributed by atoms with van der Waals surface area (Å²) in [6.07, 6.45) is 45.2. The molecule has 9 heteroatoms. The monoisotopic (exact) mass is 866 g/mol. The largest absolute Gasteiger partial charge is 0.394 e. The standard InChI is InChI=1S/C52H99NO8/c1-3-5-7-9-11-13-15-17-19-20-21-22-23-24-25-26-27-28-29-31-33-35-37-39-41-46(55)45(44-60-52-51(59)50(58)49(57)47(43-54)61-52)53-48(56)42-40-38-36-34-32-30-18-16-14-12-10-8-6-4-2/h31,33,39,41,45-47,49-52,54-55,57-59H,3-30,32,34-38,40,42-44H2,1-2H3,(H,53,56)/b33-31+,41-39+. The molecule has 9 nitrogen and oxygen atoms in total. The zero-order valence-electron chi connectivity index (χ0n) is 39.7. The van der Waals surface area contributed by atoms with Crippen LogP contribution in [0, 0.1) is 0 Å². The molecule has 0 spiro atoms. The Labute approximate surface area is 375 Å². The molecule has 7 unspecified atom stereocenters. The van der Waals surface area contributed by atoms with E-state index in [2.05, 4.69) is 31.3 Å². The maximum atomic E-state index is 13.0. The number of rotatable bonds is 44. The maximum Gasteiger partial charge on any atom is 0.220 e. The molecule has 1 aliphatic heterocycles. The first-order chi connectivity index (χ1) is 29.8. The van der Waals surface area contributed by atoms with Crippen LogP contribution in [-0.2, 0) is 14.3 Å². The summed E-state index contributed by atoms with van der Waals surface area (Å²) in [5, 5.41) is 54.3. The second-order valence-corrected chi connectivity index (χ2v) is 18.3. The summed E-state index contributed by atoms with van der Waals surface area (Å²) in [7, 11) is 0. The molecule has 0 aromatic heterocycles. The van der Waals surface area contributed by atoms with Gasteiger partial charge >= 0.3 is 0 Å². The van der Waals surface area contributed by atoms with E-state index >= 15 is 0 Å². The number of unbranched alkanes of at least 4 members (excludes halogenated alkanes) is 32. The summed E-state index contributed by atoms with van der Waals surface area (Å²) in [5.41, 5.74) is 0. The number of aliphatic hydroxyl groups is 5. The lowest BCUT2D eigenvalue weighted by Gasteiger charge is -2.40. The minimum Gasteiger partial charge on any atom is -0.394 e. The number of ether oxygens (including phenoxy) is 2. The summed E-state index contributed by atoms with van der Waals surface area (Å²) >= 11 is 0. The van der Waals surface area contributed by atoms with Crippen LogP contribution in [0.4, 0.5) is 0 Å². The third-order valence-corrected chi connectivity index (χ3v) is 12.5. The normalized spacial score (nSPS) is 20.5. The predicted octanol–water partition coefficient (Wildman–Crippen LogP) is 11.8. The highest BCUT2D eigenvalue weighted by molar-refractivity contribution is 5.76. The Balaban J connectivity index is 2.28. The minimum atomic E-state index is -1.57. The Morgan fingerprint density at radius 3 is 1.38 bits per heavy atom. The van der Waals surface area contributed by atoms with Gasteiger partial charge in [0.2, 0.25) is 5.91 Å². The van der Waals surface area contributed by atoms with Crippen molar-refractivity contribution in [3.8, 4) is 0 Å². The SMILES string of the molecule is CCCCCCCCCCCCCCCCCCCC/C=C/CC/C=C/C(O)C(COC1OC(CO)C(O)C(O)C1O)NC(=O)CCCCCCCCCCCCCCCC. The molecule has 1 fully saturated rings. The fourth-order valence-corrected chi connectivity index (χ4v) is 8.35. The molecule has 0 radical (unpaired) electrons. The van der Waals surface area contributed by atoms with Gasteiger partial charge in [-0.25, -0.2) is 0 Å². The molecule has 360 valence electrons. The van der Waals surface area contributed by atoms with Crippen molar-refractivity contribution in [2.75, 3.05) is 13.2 Å². The van der Waals surface area contributed by atoms with E-state index in [9.17, 15) is 30.3 Å². The number of carbonyl (C=O) groups is 1. The van der Waals surface area contributed by atoms with E-state index in [4.69, 9.17) is 9.47 Å². The van der Waals surface area contributed by atoms with Gasteiger partial charge in [-0.2, -0.15) is 0 Å². The molecule has 1 saturated heterocycles. The summed E-state index contributed by atoms with van der Waals surface area (Å²) in [6.45, 7) is 3.78. The number of allylic oxidation sites excluding steroid dienone is 3. The van der Waals surface area contributed by atoms with Crippen molar-refractivity contribution in [3.63, 3.8) is 0 Å². The molecule has 0 aromatic rings. The lowest BCUT2D eigenvalue weighted by Crippen LogP contribution is -2.60. The van der Waals surface area contributed by atoms with Gasteiger partial charge in [0.25, 0.3) is 0 Å². The van der Waals surface area contributed by atoms with Gasteiger partial charge in [-0.05, 0) is 32.1 Å². The topological polar surface area (TPSA) is 149 Å². The van der Waals surface area contributed by atoms with Crippen LogP contribution in [0.15, 0.2) is 24.3 Å². The molecule has 1 rings (SSSR count). The van der Waals surface area contributed by atoms with Gasteiger partial charge in [0, 0.05) is 6.42 Å². The van der Waals surface area contributed by atoms with Crippen LogP contribution in [0.3, 0.4) is 0 Å². The number of hydrogen-bond donors (Lipinski definition) is 6. The third kappa shape index (κ3) is 32.9. The molecule has 7 atom stereocenters. The Hall–Kier alpha value is -1.33. The molecule has 1 aliphatic rings. The molecule has 1 heterocycles. The third-order valence-electron chi connectivity index (χ3n) is 12.5. The highest BCUT2D eigenvalue weighted by atomic mass is 16.7. The molecule has 6 N–H and O–H groups in total. The number of amides is 1. The van der Waals surface area contributed by atoms with Crippen LogP contribution in [0.2, 0.25) is 0 Å². The first kappa shape index (κ1) is 57.7. The number of nitrogens with one attached hydrogen (secondary N) is 1. The maximum absolute atomic E-state index is 13.0. The van der Waals surface area contributed by atoms with Gasteiger partial charge in [-0.15, -0.1) is 0 Å². The summed E-state index contributed by atoms with van der Waals surface area (Å²) in [5.74, 6) is -0.184. The average molecular weight is 866 g/mol. The second-order valence-electron chi connectivity index (χ2n) is 18.3. The van der Waals surface area contributed by atoms with Crippen molar-refractivity contribution >= 4 is 5.91 Å². The highest BCUT2D eigenvalue weighted by Crippen LogP contribution is 2.23. The van der Waals surface area contributed by atoms with Gasteiger partial charge < -0.3 is 40.3 Å². The van der Waals surface area contributed by atoms with Crippen molar-refractivity contribution in [1.82, 2.24) is 5.32 Å². The smallest absolute Gasteiger partial charge is 0.220 e. The highest BCUT2D eigenvalue weighted by Gasteiger charge is 2.44. The summed E-state index contributed by atoms with van der Waals surface area (Å²) in [6, 6.07) is -0.817. The van der Waals surface area contributed by atoms with Crippen LogP contribution in [-0.4, -0.2) is 87.5 Å². The zero-order valence-corrected chi connectivity index (χ0v) is 39.7. The number of aliphatic hydroxyl groups excluding tert-OH is 5.